The van der Waals surface area contributed by atoms with Gasteiger partial charge >= 0.3 is 0 Å². The van der Waals surface area contributed by atoms with Gasteiger partial charge in [0.2, 0.25) is 0 Å². The lowest BCUT2D eigenvalue weighted by Crippen LogP contribution is -2.31. The maximum absolute atomic E-state index is 5.40. The first-order valence-electron chi connectivity index (χ1n) is 3.53. The number of aliphatic imine (C=N–C) groups is 1. The van der Waals surface area contributed by atoms with E-state index in [2.05, 4.69) is 20.4 Å². The third-order valence-electron chi connectivity index (χ3n) is 1.32. The van der Waals surface area contributed by atoms with Gasteiger partial charge in [0.1, 0.15) is 6.33 Å². The van der Waals surface area contributed by atoms with Crippen LogP contribution in [0.1, 0.15) is 5.82 Å². The smallest absolute Gasteiger partial charge is 0.188 e. The Kier molecular flexibility index (Phi) is 2.62. The van der Waals surface area contributed by atoms with Crippen molar-refractivity contribution in [1.82, 2.24) is 20.1 Å². The largest absolute Gasteiger partial charge is 0.370 e. The standard InChI is InChI=1S/C6H12N6/c1-8-6(7)9-3-5-10-4-12(2)11-5/h4H,3H2,1-2H3,(H3,7,8,9). The highest BCUT2D eigenvalue weighted by molar-refractivity contribution is 5.77. The van der Waals surface area contributed by atoms with Crippen molar-refractivity contribution in [3.8, 4) is 0 Å². The van der Waals surface area contributed by atoms with Crippen LogP contribution in [0.25, 0.3) is 0 Å². The third-order valence-corrected chi connectivity index (χ3v) is 1.32. The molecule has 6 nitrogen and oxygen atoms in total. The van der Waals surface area contributed by atoms with Crippen molar-refractivity contribution in [2.75, 3.05) is 7.05 Å². The summed E-state index contributed by atoms with van der Waals surface area (Å²) >= 11 is 0. The SMILES string of the molecule is CN=C(N)NCc1ncn(C)n1. The predicted molar refractivity (Wildman–Crippen MR) is 45.4 cm³/mol. The van der Waals surface area contributed by atoms with Gasteiger partial charge in [-0.05, 0) is 0 Å². The Morgan fingerprint density at radius 2 is 2.58 bits per heavy atom. The number of hydrogen-bond acceptors (Lipinski definition) is 3. The van der Waals surface area contributed by atoms with Crippen molar-refractivity contribution in [3.05, 3.63) is 12.2 Å². The van der Waals surface area contributed by atoms with Crippen molar-refractivity contribution in [2.45, 2.75) is 6.54 Å². The Balaban J connectivity index is 2.43. The summed E-state index contributed by atoms with van der Waals surface area (Å²) in [5.74, 6) is 1.09. The summed E-state index contributed by atoms with van der Waals surface area (Å²) in [4.78, 5) is 7.73. The number of guanidine groups is 1. The minimum Gasteiger partial charge on any atom is -0.370 e. The summed E-state index contributed by atoms with van der Waals surface area (Å²) in [6, 6.07) is 0. The van der Waals surface area contributed by atoms with E-state index in [1.807, 2.05) is 7.05 Å². The molecule has 0 fully saturated rings. The molecule has 1 rings (SSSR count). The van der Waals surface area contributed by atoms with Crippen LogP contribution >= 0.6 is 0 Å². The van der Waals surface area contributed by atoms with Gasteiger partial charge in [-0.2, -0.15) is 5.10 Å². The fourth-order valence-electron chi connectivity index (χ4n) is 0.714. The highest BCUT2D eigenvalue weighted by atomic mass is 15.3. The number of nitrogens with one attached hydrogen (secondary N) is 1. The summed E-state index contributed by atoms with van der Waals surface area (Å²) in [7, 11) is 3.43. The molecule has 0 aliphatic carbocycles. The molecule has 0 aliphatic rings. The predicted octanol–water partition coefficient (Wildman–Crippen LogP) is -1.15. The van der Waals surface area contributed by atoms with E-state index in [0.29, 0.717) is 18.3 Å². The molecule has 0 bridgehead atoms. The summed E-state index contributed by atoms with van der Waals surface area (Å²) < 4.78 is 1.64. The van der Waals surface area contributed by atoms with Crippen LogP contribution in [0, 0.1) is 0 Å². The van der Waals surface area contributed by atoms with E-state index >= 15 is 0 Å². The fraction of sp³-hybridized carbons (Fsp3) is 0.500. The van der Waals surface area contributed by atoms with Gasteiger partial charge < -0.3 is 11.1 Å². The Labute approximate surface area is 70.5 Å². The van der Waals surface area contributed by atoms with E-state index in [1.165, 1.54) is 0 Å². The van der Waals surface area contributed by atoms with Crippen LogP contribution < -0.4 is 11.1 Å². The molecule has 6 heteroatoms. The van der Waals surface area contributed by atoms with E-state index in [4.69, 9.17) is 5.73 Å². The van der Waals surface area contributed by atoms with E-state index in [-0.39, 0.29) is 0 Å². The van der Waals surface area contributed by atoms with E-state index in [9.17, 15) is 0 Å². The molecule has 12 heavy (non-hydrogen) atoms. The Bertz CT molecular complexity index is 275. The number of aromatic nitrogens is 3. The van der Waals surface area contributed by atoms with Gasteiger partial charge in [0.05, 0.1) is 6.54 Å². The number of nitrogens with zero attached hydrogens (tertiary/aromatic N) is 4. The minimum atomic E-state index is 0.391. The first kappa shape index (κ1) is 8.51. The average molecular weight is 168 g/mol. The van der Waals surface area contributed by atoms with Crippen molar-refractivity contribution < 1.29 is 0 Å². The maximum Gasteiger partial charge on any atom is 0.188 e. The molecule has 1 aromatic rings. The van der Waals surface area contributed by atoms with Crippen LogP contribution in [-0.2, 0) is 13.6 Å². The number of aryl methyl sites for hydroxylation is 1. The molecule has 0 aromatic carbocycles. The molecule has 3 N–H and O–H groups in total. The third kappa shape index (κ3) is 2.22. The van der Waals surface area contributed by atoms with Crippen LogP contribution in [0.3, 0.4) is 0 Å². The molecule has 0 saturated heterocycles. The van der Waals surface area contributed by atoms with Crippen LogP contribution in [-0.4, -0.2) is 27.8 Å². The molecule has 0 aliphatic heterocycles. The van der Waals surface area contributed by atoms with Crippen molar-refractivity contribution in [3.63, 3.8) is 0 Å². The van der Waals surface area contributed by atoms with Crippen molar-refractivity contribution in [1.29, 1.82) is 0 Å². The molecule has 0 amide bonds. The lowest BCUT2D eigenvalue weighted by molar-refractivity contribution is 0.728. The summed E-state index contributed by atoms with van der Waals surface area (Å²) in [6.07, 6.45) is 1.64. The Morgan fingerprint density at radius 1 is 1.83 bits per heavy atom. The number of nitrogens with two attached hydrogens (primary N) is 1. The lowest BCUT2D eigenvalue weighted by atomic mass is 10.6. The van der Waals surface area contributed by atoms with Crippen LogP contribution in [0.4, 0.5) is 0 Å². The first-order chi connectivity index (χ1) is 5.72. The van der Waals surface area contributed by atoms with Gasteiger partial charge in [-0.1, -0.05) is 0 Å². The first-order valence-corrected chi connectivity index (χ1v) is 3.53. The van der Waals surface area contributed by atoms with E-state index < -0.39 is 0 Å². The quantitative estimate of drug-likeness (QED) is 0.431. The maximum atomic E-state index is 5.40. The Morgan fingerprint density at radius 3 is 3.08 bits per heavy atom. The average Bonchev–Trinajstić information content (AvgIpc) is 2.47. The molecule has 0 unspecified atom stereocenters. The van der Waals surface area contributed by atoms with Gasteiger partial charge in [0.25, 0.3) is 0 Å². The Hall–Kier alpha value is -1.59. The zero-order chi connectivity index (χ0) is 8.97. The van der Waals surface area contributed by atoms with Gasteiger partial charge in [0.15, 0.2) is 11.8 Å². The number of hydrogen-bond donors (Lipinski definition) is 2. The van der Waals surface area contributed by atoms with Crippen LogP contribution in [0.15, 0.2) is 11.3 Å². The van der Waals surface area contributed by atoms with Gasteiger partial charge in [-0.3, -0.25) is 9.67 Å². The zero-order valence-corrected chi connectivity index (χ0v) is 7.15. The van der Waals surface area contributed by atoms with E-state index in [1.54, 1.807) is 18.1 Å². The number of rotatable bonds is 2. The van der Waals surface area contributed by atoms with E-state index in [0.717, 1.165) is 0 Å². The molecule has 1 aromatic heterocycles. The fourth-order valence-corrected chi connectivity index (χ4v) is 0.714. The minimum absolute atomic E-state index is 0.391. The summed E-state index contributed by atoms with van der Waals surface area (Å²) in [5, 5.41) is 6.90. The second-order valence-corrected chi connectivity index (χ2v) is 2.30. The topological polar surface area (TPSA) is 81.1 Å². The molecule has 0 saturated carbocycles. The monoisotopic (exact) mass is 168 g/mol. The highest BCUT2D eigenvalue weighted by Crippen LogP contribution is 1.85. The van der Waals surface area contributed by atoms with Crippen molar-refractivity contribution >= 4 is 5.96 Å². The normalized spacial score (nSPS) is 11.7. The molecular weight excluding hydrogens is 156 g/mol. The molecule has 66 valence electrons. The van der Waals surface area contributed by atoms with Gasteiger partial charge in [-0.15, -0.1) is 0 Å². The van der Waals surface area contributed by atoms with Gasteiger partial charge in [-0.25, -0.2) is 4.98 Å². The lowest BCUT2D eigenvalue weighted by Gasteiger charge is -1.99. The molecule has 0 atom stereocenters. The molecule has 0 radical (unpaired) electrons. The molecule has 1 heterocycles. The highest BCUT2D eigenvalue weighted by Gasteiger charge is 1.97. The second-order valence-electron chi connectivity index (χ2n) is 2.30. The summed E-state index contributed by atoms with van der Waals surface area (Å²) in [5.41, 5.74) is 5.40. The van der Waals surface area contributed by atoms with Gasteiger partial charge in [0, 0.05) is 14.1 Å². The molecular formula is C6H12N6. The molecule has 0 spiro atoms. The van der Waals surface area contributed by atoms with Crippen LogP contribution in [0.5, 0.6) is 0 Å². The second kappa shape index (κ2) is 3.70. The van der Waals surface area contributed by atoms with Crippen LogP contribution in [0.2, 0.25) is 0 Å². The zero-order valence-electron chi connectivity index (χ0n) is 7.15. The van der Waals surface area contributed by atoms with Crippen molar-refractivity contribution in [2.24, 2.45) is 17.8 Å². The summed E-state index contributed by atoms with van der Waals surface area (Å²) in [6.45, 7) is 0.504.